The summed E-state index contributed by atoms with van der Waals surface area (Å²) in [4.78, 5) is 25.9. The topological polar surface area (TPSA) is 58.6 Å². The quantitative estimate of drug-likeness (QED) is 0.908. The van der Waals surface area contributed by atoms with E-state index in [1.807, 2.05) is 0 Å². The first-order valence-corrected chi connectivity index (χ1v) is 8.19. The molecule has 0 saturated carbocycles. The van der Waals surface area contributed by atoms with E-state index in [4.69, 9.17) is 4.74 Å². The molecule has 0 bridgehead atoms. The monoisotopic (exact) mass is 342 g/mol. The number of carbonyl (C=O) groups excluding carboxylic acids is 2. The van der Waals surface area contributed by atoms with Crippen molar-refractivity contribution in [2.24, 2.45) is 0 Å². The lowest BCUT2D eigenvalue weighted by Gasteiger charge is -2.15. The molecule has 6 heteroatoms. The zero-order valence-corrected chi connectivity index (χ0v) is 13.7. The maximum Gasteiger partial charge on any atom is 0.260 e. The van der Waals surface area contributed by atoms with Crippen LogP contribution in [0.2, 0.25) is 0 Å². The number of nitrogens with one attached hydrogen (secondary N) is 1. The average molecular weight is 342 g/mol. The number of amides is 2. The van der Waals surface area contributed by atoms with E-state index >= 15 is 0 Å². The van der Waals surface area contributed by atoms with Crippen LogP contribution in [0.5, 0.6) is 5.75 Å². The van der Waals surface area contributed by atoms with Crippen LogP contribution < -0.4 is 10.1 Å². The van der Waals surface area contributed by atoms with E-state index in [1.165, 1.54) is 24.3 Å². The van der Waals surface area contributed by atoms with Gasteiger partial charge in [0.05, 0.1) is 0 Å². The number of rotatable bonds is 5. The summed E-state index contributed by atoms with van der Waals surface area (Å²) in [6.45, 7) is 1.56. The Morgan fingerprint density at radius 1 is 1.08 bits per heavy atom. The molecule has 2 aromatic rings. The lowest BCUT2D eigenvalue weighted by atomic mass is 10.2. The molecule has 2 amide bonds. The molecule has 0 aliphatic carbocycles. The molecule has 0 radical (unpaired) electrons. The van der Waals surface area contributed by atoms with Crippen LogP contribution in [0.1, 0.15) is 23.2 Å². The number of benzene rings is 2. The molecule has 1 N–H and O–H groups in total. The molecule has 5 nitrogen and oxygen atoms in total. The van der Waals surface area contributed by atoms with Crippen LogP contribution in [0, 0.1) is 5.82 Å². The molecule has 0 unspecified atom stereocenters. The summed E-state index contributed by atoms with van der Waals surface area (Å²) in [5, 5.41) is 2.72. The third kappa shape index (κ3) is 4.56. The van der Waals surface area contributed by atoms with Gasteiger partial charge in [0.25, 0.3) is 11.8 Å². The number of carbonyl (C=O) groups is 2. The largest absolute Gasteiger partial charge is 0.484 e. The molecule has 3 rings (SSSR count). The Hall–Kier alpha value is -2.89. The number of likely N-dealkylation sites (tertiary alicyclic amines) is 1. The van der Waals surface area contributed by atoms with Gasteiger partial charge in [0, 0.05) is 30.4 Å². The van der Waals surface area contributed by atoms with Crippen LogP contribution in [-0.4, -0.2) is 36.4 Å². The predicted molar refractivity (Wildman–Crippen MR) is 92.1 cm³/mol. The minimum absolute atomic E-state index is 0.0185. The van der Waals surface area contributed by atoms with E-state index in [-0.39, 0.29) is 18.4 Å². The number of hydrogen-bond acceptors (Lipinski definition) is 3. The second kappa shape index (κ2) is 7.79. The maximum atomic E-state index is 12.9. The van der Waals surface area contributed by atoms with Gasteiger partial charge in [0.2, 0.25) is 0 Å². The van der Waals surface area contributed by atoms with Gasteiger partial charge in [-0.2, -0.15) is 0 Å². The summed E-state index contributed by atoms with van der Waals surface area (Å²) in [6.07, 6.45) is 2.08. The highest BCUT2D eigenvalue weighted by molar-refractivity contribution is 6.04. The van der Waals surface area contributed by atoms with Crippen molar-refractivity contribution in [2.75, 3.05) is 25.0 Å². The minimum Gasteiger partial charge on any atom is -0.484 e. The molecular weight excluding hydrogens is 323 g/mol. The van der Waals surface area contributed by atoms with Crippen molar-refractivity contribution in [3.63, 3.8) is 0 Å². The summed E-state index contributed by atoms with van der Waals surface area (Å²) in [5.74, 6) is -0.261. The lowest BCUT2D eigenvalue weighted by Crippen LogP contribution is -2.32. The van der Waals surface area contributed by atoms with Crippen LogP contribution >= 0.6 is 0 Å². The van der Waals surface area contributed by atoms with E-state index in [0.29, 0.717) is 17.0 Å². The molecule has 1 saturated heterocycles. The van der Waals surface area contributed by atoms with Crippen LogP contribution in [0.25, 0.3) is 0 Å². The van der Waals surface area contributed by atoms with Gasteiger partial charge in [-0.3, -0.25) is 9.59 Å². The Morgan fingerprint density at radius 3 is 2.52 bits per heavy atom. The Bertz CT molecular complexity index is 756. The van der Waals surface area contributed by atoms with Gasteiger partial charge in [0.15, 0.2) is 6.61 Å². The molecule has 0 atom stereocenters. The van der Waals surface area contributed by atoms with Gasteiger partial charge in [-0.1, -0.05) is 6.07 Å². The van der Waals surface area contributed by atoms with Gasteiger partial charge < -0.3 is 15.0 Å². The Balaban J connectivity index is 1.58. The van der Waals surface area contributed by atoms with Gasteiger partial charge in [-0.15, -0.1) is 0 Å². The molecule has 0 spiro atoms. The highest BCUT2D eigenvalue weighted by atomic mass is 19.1. The van der Waals surface area contributed by atoms with Crippen molar-refractivity contribution in [2.45, 2.75) is 12.8 Å². The first kappa shape index (κ1) is 17.0. The summed E-state index contributed by atoms with van der Waals surface area (Å²) in [7, 11) is 0. The summed E-state index contributed by atoms with van der Waals surface area (Å²) < 4.78 is 18.4. The van der Waals surface area contributed by atoms with E-state index in [9.17, 15) is 14.0 Å². The third-order valence-electron chi connectivity index (χ3n) is 4.02. The van der Waals surface area contributed by atoms with Gasteiger partial charge in [0.1, 0.15) is 11.6 Å². The molecule has 1 heterocycles. The van der Waals surface area contributed by atoms with Gasteiger partial charge >= 0.3 is 0 Å². The first-order chi connectivity index (χ1) is 12.1. The van der Waals surface area contributed by atoms with Crippen molar-refractivity contribution < 1.29 is 18.7 Å². The normalized spacial score (nSPS) is 13.6. The fourth-order valence-corrected chi connectivity index (χ4v) is 2.67. The highest BCUT2D eigenvalue weighted by Gasteiger charge is 2.18. The van der Waals surface area contributed by atoms with Gasteiger partial charge in [-0.05, 0) is 49.2 Å². The van der Waals surface area contributed by atoms with Crippen molar-refractivity contribution in [3.8, 4) is 5.75 Å². The maximum absolute atomic E-state index is 12.9. The second-order valence-electron chi connectivity index (χ2n) is 5.87. The molecular formula is C19H19FN2O3. The molecule has 1 fully saturated rings. The van der Waals surface area contributed by atoms with Crippen LogP contribution in [0.4, 0.5) is 10.1 Å². The van der Waals surface area contributed by atoms with Crippen molar-refractivity contribution in [1.82, 2.24) is 4.90 Å². The standard InChI is InChI=1S/C19H19FN2O3/c20-15-8-6-14(7-9-15)19(24)21-16-4-3-5-17(12-16)25-13-18(23)22-10-1-2-11-22/h3-9,12H,1-2,10-11,13H2,(H,21,24). The number of anilines is 1. The summed E-state index contributed by atoms with van der Waals surface area (Å²) >= 11 is 0. The fraction of sp³-hybridized carbons (Fsp3) is 0.263. The highest BCUT2D eigenvalue weighted by Crippen LogP contribution is 2.19. The summed E-state index contributed by atoms with van der Waals surface area (Å²) in [5.41, 5.74) is 0.900. The van der Waals surface area contributed by atoms with Crippen LogP contribution in [0.3, 0.4) is 0 Å². The molecule has 0 aromatic heterocycles. The Morgan fingerprint density at radius 2 is 1.80 bits per heavy atom. The minimum atomic E-state index is -0.394. The fourth-order valence-electron chi connectivity index (χ4n) is 2.67. The molecule has 1 aliphatic heterocycles. The van der Waals surface area contributed by atoms with E-state index in [1.54, 1.807) is 29.2 Å². The molecule has 2 aromatic carbocycles. The SMILES string of the molecule is O=C(Nc1cccc(OCC(=O)N2CCCC2)c1)c1ccc(F)cc1. The van der Waals surface area contributed by atoms with E-state index in [2.05, 4.69) is 5.32 Å². The molecule has 25 heavy (non-hydrogen) atoms. The van der Waals surface area contributed by atoms with Gasteiger partial charge in [-0.25, -0.2) is 4.39 Å². The number of halogens is 1. The number of nitrogens with zero attached hydrogens (tertiary/aromatic N) is 1. The Kier molecular flexibility index (Phi) is 5.28. The summed E-state index contributed by atoms with van der Waals surface area (Å²) in [6, 6.07) is 12.1. The van der Waals surface area contributed by atoms with E-state index < -0.39 is 5.82 Å². The van der Waals surface area contributed by atoms with E-state index in [0.717, 1.165) is 25.9 Å². The first-order valence-electron chi connectivity index (χ1n) is 8.19. The zero-order valence-electron chi connectivity index (χ0n) is 13.7. The van der Waals surface area contributed by atoms with Crippen molar-refractivity contribution in [1.29, 1.82) is 0 Å². The van der Waals surface area contributed by atoms with Crippen LogP contribution in [-0.2, 0) is 4.79 Å². The average Bonchev–Trinajstić information content (AvgIpc) is 3.15. The lowest BCUT2D eigenvalue weighted by molar-refractivity contribution is -0.132. The third-order valence-corrected chi connectivity index (χ3v) is 4.02. The molecule has 130 valence electrons. The van der Waals surface area contributed by atoms with Crippen molar-refractivity contribution in [3.05, 3.63) is 59.9 Å². The zero-order chi connectivity index (χ0) is 17.6. The number of ether oxygens (including phenoxy) is 1. The van der Waals surface area contributed by atoms with Crippen molar-refractivity contribution >= 4 is 17.5 Å². The van der Waals surface area contributed by atoms with Crippen LogP contribution in [0.15, 0.2) is 48.5 Å². The predicted octanol–water partition coefficient (Wildman–Crippen LogP) is 3.08. The Labute approximate surface area is 145 Å². The second-order valence-corrected chi connectivity index (χ2v) is 5.87. The number of hydrogen-bond donors (Lipinski definition) is 1. The molecule has 1 aliphatic rings. The smallest absolute Gasteiger partial charge is 0.260 e.